The van der Waals surface area contributed by atoms with E-state index in [1.165, 1.54) is 19.9 Å². The summed E-state index contributed by atoms with van der Waals surface area (Å²) in [6, 6.07) is -0.842. The van der Waals surface area contributed by atoms with Gasteiger partial charge in [-0.1, -0.05) is 12.7 Å². The third kappa shape index (κ3) is 6.25. The Bertz CT molecular complexity index is 452. The van der Waals surface area contributed by atoms with Gasteiger partial charge in [-0.25, -0.2) is 4.79 Å². The molecule has 130 valence electrons. The Kier molecular flexibility index (Phi) is 7.49. The fourth-order valence-corrected chi connectivity index (χ4v) is 2.00. The average molecular weight is 331 g/mol. The van der Waals surface area contributed by atoms with Gasteiger partial charge in [0.15, 0.2) is 6.10 Å². The molecule has 1 rings (SSSR count). The van der Waals surface area contributed by atoms with E-state index >= 15 is 0 Å². The third-order valence-corrected chi connectivity index (χ3v) is 2.99. The minimum Gasteiger partial charge on any atom is -0.463 e. The van der Waals surface area contributed by atoms with Crippen molar-refractivity contribution < 1.29 is 38.4 Å². The molecular weight excluding hydrogens is 310 g/mol. The van der Waals surface area contributed by atoms with Gasteiger partial charge in [0.1, 0.15) is 25.4 Å². The number of carbonyl (C=O) groups excluding carboxylic acids is 3. The Labute approximate surface area is 133 Å². The molecule has 1 aliphatic rings. The molecule has 0 bridgehead atoms. The van der Waals surface area contributed by atoms with E-state index in [0.717, 1.165) is 0 Å². The fraction of sp³-hybridized carbons (Fsp3) is 0.643. The number of esters is 2. The first kappa shape index (κ1) is 18.9. The van der Waals surface area contributed by atoms with Crippen LogP contribution in [0.1, 0.15) is 13.8 Å². The zero-order valence-corrected chi connectivity index (χ0v) is 13.0. The van der Waals surface area contributed by atoms with Gasteiger partial charge < -0.3 is 29.4 Å². The third-order valence-electron chi connectivity index (χ3n) is 2.99. The molecule has 1 heterocycles. The smallest absolute Gasteiger partial charge is 0.407 e. The molecule has 0 aromatic heterocycles. The fourth-order valence-electron chi connectivity index (χ4n) is 2.00. The molecule has 0 saturated carbocycles. The average Bonchev–Trinajstić information content (AvgIpc) is 2.47. The van der Waals surface area contributed by atoms with Crippen molar-refractivity contribution in [3.8, 4) is 0 Å². The maximum absolute atomic E-state index is 11.5. The van der Waals surface area contributed by atoms with Gasteiger partial charge in [0.05, 0.1) is 12.6 Å². The lowest BCUT2D eigenvalue weighted by Gasteiger charge is -2.39. The number of carbonyl (C=O) groups is 3. The Morgan fingerprint density at radius 3 is 2.57 bits per heavy atom. The molecule has 1 aliphatic heterocycles. The molecule has 3 unspecified atom stereocenters. The van der Waals surface area contributed by atoms with E-state index in [1.54, 1.807) is 0 Å². The lowest BCUT2D eigenvalue weighted by molar-refractivity contribution is -0.195. The largest absolute Gasteiger partial charge is 0.463 e. The van der Waals surface area contributed by atoms with Crippen molar-refractivity contribution in [3.05, 3.63) is 12.7 Å². The van der Waals surface area contributed by atoms with Crippen molar-refractivity contribution >= 4 is 18.0 Å². The minimum absolute atomic E-state index is 0.0119. The van der Waals surface area contributed by atoms with E-state index < -0.39 is 42.4 Å². The van der Waals surface area contributed by atoms with Gasteiger partial charge in [0, 0.05) is 13.8 Å². The molecule has 0 aliphatic carbocycles. The van der Waals surface area contributed by atoms with Gasteiger partial charge in [-0.05, 0) is 0 Å². The zero-order chi connectivity index (χ0) is 17.4. The topological polar surface area (TPSA) is 120 Å². The molecule has 9 heteroatoms. The SMILES string of the molecule is C=CCOC(=O)NC1COC(COC(C)=O)[C@H](OC(C)=O)C1O. The number of amides is 1. The standard InChI is InChI=1S/C14H21NO8/c1-4-5-20-14(19)15-10-6-22-11(7-21-8(2)16)13(12(10)18)23-9(3)17/h4,10-13,18H,1,5-7H2,2-3H3,(H,15,19)/t10?,11?,12?,13-/m0/s1. The van der Waals surface area contributed by atoms with Crippen LogP contribution in [0.5, 0.6) is 0 Å². The molecule has 4 atom stereocenters. The first-order chi connectivity index (χ1) is 10.8. The Morgan fingerprint density at radius 2 is 2.00 bits per heavy atom. The molecule has 1 amide bonds. The van der Waals surface area contributed by atoms with E-state index in [2.05, 4.69) is 11.9 Å². The van der Waals surface area contributed by atoms with Crippen LogP contribution in [0.4, 0.5) is 4.79 Å². The molecule has 0 aromatic carbocycles. The predicted molar refractivity (Wildman–Crippen MR) is 76.4 cm³/mol. The van der Waals surface area contributed by atoms with Crippen LogP contribution in [-0.2, 0) is 28.5 Å². The van der Waals surface area contributed by atoms with E-state index in [-0.39, 0.29) is 19.8 Å². The number of aliphatic hydroxyl groups excluding tert-OH is 1. The highest BCUT2D eigenvalue weighted by molar-refractivity contribution is 5.68. The van der Waals surface area contributed by atoms with E-state index in [0.29, 0.717) is 0 Å². The summed E-state index contributed by atoms with van der Waals surface area (Å²) >= 11 is 0. The quantitative estimate of drug-likeness (QED) is 0.380. The number of alkyl carbamates (subject to hydrolysis) is 1. The van der Waals surface area contributed by atoms with Crippen molar-refractivity contribution in [1.82, 2.24) is 5.32 Å². The van der Waals surface area contributed by atoms with Crippen LogP contribution >= 0.6 is 0 Å². The minimum atomic E-state index is -1.25. The first-order valence-corrected chi connectivity index (χ1v) is 6.99. The van der Waals surface area contributed by atoms with Crippen molar-refractivity contribution in [2.24, 2.45) is 0 Å². The molecule has 9 nitrogen and oxygen atoms in total. The summed E-state index contributed by atoms with van der Waals surface area (Å²) in [5.74, 6) is -1.17. The molecule has 2 N–H and O–H groups in total. The van der Waals surface area contributed by atoms with Crippen molar-refractivity contribution in [3.63, 3.8) is 0 Å². The van der Waals surface area contributed by atoms with Crippen LogP contribution in [-0.4, -0.2) is 67.3 Å². The van der Waals surface area contributed by atoms with Crippen molar-refractivity contribution in [2.75, 3.05) is 19.8 Å². The van der Waals surface area contributed by atoms with Crippen LogP contribution in [0.3, 0.4) is 0 Å². The van der Waals surface area contributed by atoms with Gasteiger partial charge >= 0.3 is 18.0 Å². The molecule has 0 spiro atoms. The van der Waals surface area contributed by atoms with Crippen LogP contribution in [0.15, 0.2) is 12.7 Å². The summed E-state index contributed by atoms with van der Waals surface area (Å²) in [6.07, 6.45) is -2.54. The van der Waals surface area contributed by atoms with Gasteiger partial charge in [-0.3, -0.25) is 9.59 Å². The van der Waals surface area contributed by atoms with Gasteiger partial charge in [-0.2, -0.15) is 0 Å². The van der Waals surface area contributed by atoms with E-state index in [1.807, 2.05) is 0 Å². The number of hydrogen-bond donors (Lipinski definition) is 2. The molecule has 1 saturated heterocycles. The zero-order valence-electron chi connectivity index (χ0n) is 13.0. The lowest BCUT2D eigenvalue weighted by atomic mass is 9.98. The highest BCUT2D eigenvalue weighted by atomic mass is 16.6. The predicted octanol–water partition coefficient (Wildman–Crippen LogP) is -0.478. The van der Waals surface area contributed by atoms with E-state index in [9.17, 15) is 19.5 Å². The number of aliphatic hydroxyl groups is 1. The monoisotopic (exact) mass is 331 g/mol. The van der Waals surface area contributed by atoms with Crippen LogP contribution in [0.25, 0.3) is 0 Å². The number of ether oxygens (including phenoxy) is 4. The number of rotatable bonds is 6. The highest BCUT2D eigenvalue weighted by Crippen LogP contribution is 2.20. The van der Waals surface area contributed by atoms with Crippen LogP contribution in [0, 0.1) is 0 Å². The number of nitrogens with one attached hydrogen (secondary N) is 1. The summed E-state index contributed by atoms with van der Waals surface area (Å²) in [5.41, 5.74) is 0. The molecule has 0 radical (unpaired) electrons. The van der Waals surface area contributed by atoms with Crippen LogP contribution in [0.2, 0.25) is 0 Å². The molecule has 1 fully saturated rings. The summed E-state index contributed by atoms with van der Waals surface area (Å²) < 4.78 is 20.0. The van der Waals surface area contributed by atoms with Crippen LogP contribution < -0.4 is 5.32 Å². The van der Waals surface area contributed by atoms with E-state index in [4.69, 9.17) is 18.9 Å². The lowest BCUT2D eigenvalue weighted by Crippen LogP contribution is -2.61. The van der Waals surface area contributed by atoms with Gasteiger partial charge in [0.2, 0.25) is 0 Å². The van der Waals surface area contributed by atoms with Gasteiger partial charge in [-0.15, -0.1) is 0 Å². The second-order valence-corrected chi connectivity index (χ2v) is 4.88. The normalized spacial score (nSPS) is 26.7. The number of hydrogen-bond acceptors (Lipinski definition) is 8. The second-order valence-electron chi connectivity index (χ2n) is 4.88. The second kappa shape index (κ2) is 9.11. The Hall–Kier alpha value is -2.13. The Morgan fingerprint density at radius 1 is 1.30 bits per heavy atom. The summed E-state index contributed by atoms with van der Waals surface area (Å²) in [4.78, 5) is 33.6. The molecular formula is C14H21NO8. The van der Waals surface area contributed by atoms with Crippen molar-refractivity contribution in [1.29, 1.82) is 0 Å². The van der Waals surface area contributed by atoms with Crippen molar-refractivity contribution in [2.45, 2.75) is 38.2 Å². The Balaban J connectivity index is 2.69. The molecule has 0 aromatic rings. The highest BCUT2D eigenvalue weighted by Gasteiger charge is 2.43. The first-order valence-electron chi connectivity index (χ1n) is 6.99. The molecule has 23 heavy (non-hydrogen) atoms. The van der Waals surface area contributed by atoms with Gasteiger partial charge in [0.25, 0.3) is 0 Å². The summed E-state index contributed by atoms with van der Waals surface area (Å²) in [6.45, 7) is 5.57. The maximum atomic E-state index is 11.5. The summed E-state index contributed by atoms with van der Waals surface area (Å²) in [5, 5.41) is 12.7. The summed E-state index contributed by atoms with van der Waals surface area (Å²) in [7, 11) is 0. The maximum Gasteiger partial charge on any atom is 0.407 e.